The number of hydrogen-bond acceptors (Lipinski definition) is 1. The number of hydrogen-bond donors (Lipinski definition) is 0. The molecule has 0 fully saturated rings. The maximum Gasteiger partial charge on any atom is 0.117 e. The van der Waals surface area contributed by atoms with Gasteiger partial charge in [0.1, 0.15) is 8.07 Å². The molecule has 2 heteroatoms. The molecule has 0 saturated carbocycles. The molecule has 0 aliphatic carbocycles. The predicted molar refractivity (Wildman–Crippen MR) is 110 cm³/mol. The standard InChI is InChI=1S/C23H23NSi/c1-23(2)16-10-5-6-12-18(16)24-19-13-7-8-14-20(19)25(3,4)21-15-9-11-17(23)22(21)24/h5-15H,1-4H3. The van der Waals surface area contributed by atoms with Gasteiger partial charge in [0.05, 0.1) is 5.69 Å². The largest absolute Gasteiger partial charge is 0.310 e. The number of rotatable bonds is 0. The van der Waals surface area contributed by atoms with E-state index in [1.807, 2.05) is 0 Å². The zero-order chi connectivity index (χ0) is 17.4. The molecule has 2 heterocycles. The van der Waals surface area contributed by atoms with Gasteiger partial charge in [-0.25, -0.2) is 0 Å². The molecular weight excluding hydrogens is 318 g/mol. The third-order valence-electron chi connectivity index (χ3n) is 6.24. The summed E-state index contributed by atoms with van der Waals surface area (Å²) in [6.45, 7) is 9.72. The Balaban J connectivity index is 1.97. The minimum Gasteiger partial charge on any atom is -0.310 e. The highest BCUT2D eigenvalue weighted by Crippen LogP contribution is 2.52. The lowest BCUT2D eigenvalue weighted by Gasteiger charge is -2.48. The van der Waals surface area contributed by atoms with Crippen molar-refractivity contribution < 1.29 is 0 Å². The Morgan fingerprint density at radius 1 is 0.680 bits per heavy atom. The quantitative estimate of drug-likeness (QED) is 0.524. The zero-order valence-corrected chi connectivity index (χ0v) is 16.3. The van der Waals surface area contributed by atoms with Crippen LogP contribution in [0.2, 0.25) is 13.1 Å². The highest BCUT2D eigenvalue weighted by molar-refractivity contribution is 7.02. The Morgan fingerprint density at radius 3 is 2.08 bits per heavy atom. The summed E-state index contributed by atoms with van der Waals surface area (Å²) in [6, 6.07) is 24.9. The van der Waals surface area contributed by atoms with E-state index >= 15 is 0 Å². The first-order valence-corrected chi connectivity index (χ1v) is 12.1. The highest BCUT2D eigenvalue weighted by atomic mass is 28.3. The monoisotopic (exact) mass is 341 g/mol. The summed E-state index contributed by atoms with van der Waals surface area (Å²) in [5, 5.41) is 3.10. The highest BCUT2D eigenvalue weighted by Gasteiger charge is 2.45. The third-order valence-corrected chi connectivity index (χ3v) is 9.76. The summed E-state index contributed by atoms with van der Waals surface area (Å²) < 4.78 is 0. The molecule has 0 aromatic heterocycles. The van der Waals surface area contributed by atoms with Crippen LogP contribution in [0.15, 0.2) is 66.7 Å². The molecule has 0 spiro atoms. The van der Waals surface area contributed by atoms with Gasteiger partial charge >= 0.3 is 0 Å². The minimum atomic E-state index is -1.71. The van der Waals surface area contributed by atoms with Gasteiger partial charge in [0, 0.05) is 16.8 Å². The fourth-order valence-corrected chi connectivity index (χ4v) is 7.84. The second-order valence-corrected chi connectivity index (χ2v) is 12.6. The predicted octanol–water partition coefficient (Wildman–Crippen LogP) is 4.93. The molecule has 5 rings (SSSR count). The van der Waals surface area contributed by atoms with Crippen molar-refractivity contribution in [3.8, 4) is 0 Å². The molecule has 2 aliphatic rings. The second kappa shape index (κ2) is 4.64. The molecule has 3 aromatic rings. The van der Waals surface area contributed by atoms with Gasteiger partial charge in [0.2, 0.25) is 0 Å². The fourth-order valence-electron chi connectivity index (χ4n) is 4.85. The van der Waals surface area contributed by atoms with Crippen LogP contribution in [0.1, 0.15) is 25.0 Å². The molecule has 0 amide bonds. The van der Waals surface area contributed by atoms with Gasteiger partial charge < -0.3 is 4.90 Å². The van der Waals surface area contributed by atoms with Gasteiger partial charge in [-0.1, -0.05) is 81.5 Å². The van der Waals surface area contributed by atoms with E-state index < -0.39 is 8.07 Å². The Kier molecular flexibility index (Phi) is 2.78. The van der Waals surface area contributed by atoms with Crippen LogP contribution >= 0.6 is 0 Å². The van der Waals surface area contributed by atoms with Crippen LogP contribution in [-0.4, -0.2) is 8.07 Å². The first-order chi connectivity index (χ1) is 11.9. The Bertz CT molecular complexity index is 938. The summed E-state index contributed by atoms with van der Waals surface area (Å²) in [4.78, 5) is 2.53. The van der Waals surface area contributed by atoms with Crippen molar-refractivity contribution in [1.29, 1.82) is 0 Å². The van der Waals surface area contributed by atoms with E-state index in [0.717, 1.165) is 0 Å². The fraction of sp³-hybridized carbons (Fsp3) is 0.217. The Labute approximate surface area is 150 Å². The first kappa shape index (κ1) is 15.0. The van der Waals surface area contributed by atoms with E-state index in [2.05, 4.69) is 98.6 Å². The molecule has 1 nitrogen and oxygen atoms in total. The van der Waals surface area contributed by atoms with Crippen LogP contribution < -0.4 is 15.3 Å². The summed E-state index contributed by atoms with van der Waals surface area (Å²) in [5.74, 6) is 0. The van der Waals surface area contributed by atoms with E-state index in [0.29, 0.717) is 0 Å². The van der Waals surface area contributed by atoms with Crippen molar-refractivity contribution in [2.24, 2.45) is 0 Å². The van der Waals surface area contributed by atoms with Gasteiger partial charge in [-0.2, -0.15) is 0 Å². The minimum absolute atomic E-state index is 0.0230. The number of nitrogens with zero attached hydrogens (tertiary/aromatic N) is 1. The molecule has 0 unspecified atom stereocenters. The van der Waals surface area contributed by atoms with Crippen molar-refractivity contribution >= 4 is 35.5 Å². The summed E-state index contributed by atoms with van der Waals surface area (Å²) in [6.07, 6.45) is 0. The lowest BCUT2D eigenvalue weighted by Crippen LogP contribution is -2.59. The third kappa shape index (κ3) is 1.73. The van der Waals surface area contributed by atoms with Gasteiger partial charge in [0.15, 0.2) is 0 Å². The summed E-state index contributed by atoms with van der Waals surface area (Å²) in [5.41, 5.74) is 7.05. The number of benzene rings is 3. The average Bonchev–Trinajstić information content (AvgIpc) is 2.61. The molecule has 0 N–H and O–H groups in total. The van der Waals surface area contributed by atoms with Crippen LogP contribution in [0, 0.1) is 0 Å². The van der Waals surface area contributed by atoms with Gasteiger partial charge in [-0.3, -0.25) is 0 Å². The van der Waals surface area contributed by atoms with E-state index in [1.54, 1.807) is 5.19 Å². The van der Waals surface area contributed by atoms with Crippen LogP contribution in [0.5, 0.6) is 0 Å². The molecule has 0 radical (unpaired) electrons. The molecule has 2 aliphatic heterocycles. The second-order valence-electron chi connectivity index (χ2n) is 8.32. The van der Waals surface area contributed by atoms with Gasteiger partial charge in [-0.05, 0) is 33.6 Å². The molecule has 0 atom stereocenters. The average molecular weight is 342 g/mol. The van der Waals surface area contributed by atoms with E-state index in [1.165, 1.54) is 33.4 Å². The number of anilines is 3. The van der Waals surface area contributed by atoms with Crippen LogP contribution in [-0.2, 0) is 5.41 Å². The number of para-hydroxylation sites is 3. The van der Waals surface area contributed by atoms with Crippen molar-refractivity contribution in [2.75, 3.05) is 4.90 Å². The van der Waals surface area contributed by atoms with Gasteiger partial charge in [-0.15, -0.1) is 0 Å². The normalized spacial score (nSPS) is 18.2. The topological polar surface area (TPSA) is 3.24 Å². The molecular formula is C23H23NSi. The van der Waals surface area contributed by atoms with Crippen LogP contribution in [0.3, 0.4) is 0 Å². The Morgan fingerprint density at radius 2 is 1.28 bits per heavy atom. The van der Waals surface area contributed by atoms with Crippen LogP contribution in [0.25, 0.3) is 0 Å². The summed E-state index contributed by atoms with van der Waals surface area (Å²) >= 11 is 0. The molecule has 0 bridgehead atoms. The van der Waals surface area contributed by atoms with Crippen molar-refractivity contribution in [3.63, 3.8) is 0 Å². The molecule has 124 valence electrons. The lowest BCUT2D eigenvalue weighted by atomic mass is 9.73. The SMILES string of the molecule is CC1(C)c2ccccc2N2c3ccccc3[Si](C)(C)c3cccc1c32. The van der Waals surface area contributed by atoms with E-state index in [-0.39, 0.29) is 5.41 Å². The van der Waals surface area contributed by atoms with Crippen LogP contribution in [0.4, 0.5) is 17.1 Å². The van der Waals surface area contributed by atoms with Crippen molar-refractivity contribution in [2.45, 2.75) is 32.4 Å². The molecule has 0 saturated heterocycles. The smallest absolute Gasteiger partial charge is 0.117 e. The van der Waals surface area contributed by atoms with E-state index in [9.17, 15) is 0 Å². The maximum atomic E-state index is 2.53. The lowest BCUT2D eigenvalue weighted by molar-refractivity contribution is 0.632. The Hall–Kier alpha value is -2.32. The van der Waals surface area contributed by atoms with E-state index in [4.69, 9.17) is 0 Å². The van der Waals surface area contributed by atoms with Crippen molar-refractivity contribution in [1.82, 2.24) is 0 Å². The summed E-state index contributed by atoms with van der Waals surface area (Å²) in [7, 11) is -1.71. The molecule has 3 aromatic carbocycles. The molecule has 25 heavy (non-hydrogen) atoms. The zero-order valence-electron chi connectivity index (χ0n) is 15.3. The first-order valence-electron chi connectivity index (χ1n) is 9.07. The maximum absolute atomic E-state index is 2.53. The van der Waals surface area contributed by atoms with Gasteiger partial charge in [0.25, 0.3) is 0 Å². The number of fused-ring (bicyclic) bond motifs is 4. The van der Waals surface area contributed by atoms with Crippen molar-refractivity contribution in [3.05, 3.63) is 77.9 Å².